The molecule has 1 saturated carbocycles. The molecular formula is C14H18N2O3. The first-order chi connectivity index (χ1) is 9.19. The fourth-order valence-corrected chi connectivity index (χ4v) is 1.58. The predicted molar refractivity (Wildman–Crippen MR) is 72.2 cm³/mol. The van der Waals surface area contributed by atoms with Crippen molar-refractivity contribution in [3.05, 3.63) is 29.8 Å². The Morgan fingerprint density at radius 2 is 2.16 bits per heavy atom. The van der Waals surface area contributed by atoms with Crippen LogP contribution in [0.25, 0.3) is 0 Å². The lowest BCUT2D eigenvalue weighted by Gasteiger charge is -2.08. The Labute approximate surface area is 112 Å². The highest BCUT2D eigenvalue weighted by Gasteiger charge is 2.23. The SMILES string of the molecule is CCCOC(=O)c1cccc(NC(=O)NC2CC2)c1. The third-order valence-corrected chi connectivity index (χ3v) is 2.71. The van der Waals surface area contributed by atoms with Gasteiger partial charge in [-0.05, 0) is 37.5 Å². The highest BCUT2D eigenvalue weighted by molar-refractivity contribution is 5.94. The summed E-state index contributed by atoms with van der Waals surface area (Å²) in [6.45, 7) is 2.34. The maximum atomic E-state index is 11.7. The normalized spacial score (nSPS) is 13.7. The van der Waals surface area contributed by atoms with E-state index in [1.165, 1.54) is 0 Å². The molecule has 102 valence electrons. The molecule has 0 spiro atoms. The summed E-state index contributed by atoms with van der Waals surface area (Å²) in [6, 6.07) is 6.81. The van der Waals surface area contributed by atoms with E-state index in [-0.39, 0.29) is 12.0 Å². The highest BCUT2D eigenvalue weighted by atomic mass is 16.5. The molecule has 0 heterocycles. The van der Waals surface area contributed by atoms with Crippen molar-refractivity contribution in [2.45, 2.75) is 32.2 Å². The quantitative estimate of drug-likeness (QED) is 0.801. The van der Waals surface area contributed by atoms with E-state index >= 15 is 0 Å². The standard InChI is InChI=1S/C14H18N2O3/c1-2-8-19-13(17)10-4-3-5-12(9-10)16-14(18)15-11-6-7-11/h3-5,9,11H,2,6-8H2,1H3,(H2,15,16,18). The lowest BCUT2D eigenvalue weighted by Crippen LogP contribution is -2.30. The number of hydrogen-bond acceptors (Lipinski definition) is 3. The summed E-state index contributed by atoms with van der Waals surface area (Å²) in [5.41, 5.74) is 1.03. The van der Waals surface area contributed by atoms with Gasteiger partial charge in [-0.1, -0.05) is 13.0 Å². The van der Waals surface area contributed by atoms with Gasteiger partial charge in [-0.2, -0.15) is 0 Å². The van der Waals surface area contributed by atoms with Crippen LogP contribution in [0.3, 0.4) is 0 Å². The summed E-state index contributed by atoms with van der Waals surface area (Å²) in [6.07, 6.45) is 2.86. The number of urea groups is 1. The van der Waals surface area contributed by atoms with Crippen LogP contribution in [0.4, 0.5) is 10.5 Å². The van der Waals surface area contributed by atoms with Gasteiger partial charge in [0.2, 0.25) is 0 Å². The van der Waals surface area contributed by atoms with E-state index in [1.54, 1.807) is 24.3 Å². The van der Waals surface area contributed by atoms with E-state index in [0.717, 1.165) is 19.3 Å². The smallest absolute Gasteiger partial charge is 0.338 e. The Hall–Kier alpha value is -2.04. The minimum absolute atomic E-state index is 0.235. The average Bonchev–Trinajstić information content (AvgIpc) is 3.20. The Morgan fingerprint density at radius 1 is 1.37 bits per heavy atom. The molecule has 2 N–H and O–H groups in total. The molecule has 2 rings (SSSR count). The van der Waals surface area contributed by atoms with E-state index in [9.17, 15) is 9.59 Å². The monoisotopic (exact) mass is 262 g/mol. The molecule has 0 unspecified atom stereocenters. The van der Waals surface area contributed by atoms with Gasteiger partial charge < -0.3 is 15.4 Å². The van der Waals surface area contributed by atoms with Gasteiger partial charge in [0.05, 0.1) is 12.2 Å². The molecule has 19 heavy (non-hydrogen) atoms. The van der Waals surface area contributed by atoms with Gasteiger partial charge in [0, 0.05) is 11.7 Å². The molecule has 0 aromatic heterocycles. The van der Waals surface area contributed by atoms with Crippen molar-refractivity contribution in [3.8, 4) is 0 Å². The number of ether oxygens (including phenoxy) is 1. The topological polar surface area (TPSA) is 67.4 Å². The lowest BCUT2D eigenvalue weighted by atomic mass is 10.2. The van der Waals surface area contributed by atoms with Crippen molar-refractivity contribution in [1.82, 2.24) is 5.32 Å². The van der Waals surface area contributed by atoms with Gasteiger partial charge in [0.25, 0.3) is 0 Å². The first-order valence-corrected chi connectivity index (χ1v) is 6.53. The van der Waals surface area contributed by atoms with Gasteiger partial charge in [-0.15, -0.1) is 0 Å². The summed E-state index contributed by atoms with van der Waals surface area (Å²) in [5.74, 6) is -0.367. The van der Waals surface area contributed by atoms with Crippen LogP contribution in [-0.4, -0.2) is 24.6 Å². The van der Waals surface area contributed by atoms with Crippen LogP contribution in [0.1, 0.15) is 36.5 Å². The number of benzene rings is 1. The molecule has 0 atom stereocenters. The number of nitrogens with one attached hydrogen (secondary N) is 2. The van der Waals surface area contributed by atoms with Crippen LogP contribution >= 0.6 is 0 Å². The molecule has 0 aliphatic heterocycles. The molecule has 1 aromatic rings. The molecule has 2 amide bonds. The minimum Gasteiger partial charge on any atom is -0.462 e. The molecule has 0 saturated heterocycles. The van der Waals surface area contributed by atoms with Crippen LogP contribution in [0, 0.1) is 0 Å². The Bertz CT molecular complexity index is 470. The third kappa shape index (κ3) is 4.28. The molecule has 0 radical (unpaired) electrons. The highest BCUT2D eigenvalue weighted by Crippen LogP contribution is 2.19. The molecule has 1 fully saturated rings. The number of rotatable bonds is 5. The maximum Gasteiger partial charge on any atom is 0.338 e. The van der Waals surface area contributed by atoms with Gasteiger partial charge in [-0.25, -0.2) is 9.59 Å². The lowest BCUT2D eigenvalue weighted by molar-refractivity contribution is 0.0505. The first-order valence-electron chi connectivity index (χ1n) is 6.53. The first kappa shape index (κ1) is 13.4. The van der Waals surface area contributed by atoms with E-state index in [2.05, 4.69) is 10.6 Å². The second-order valence-electron chi connectivity index (χ2n) is 4.59. The van der Waals surface area contributed by atoms with Crippen molar-refractivity contribution in [1.29, 1.82) is 0 Å². The van der Waals surface area contributed by atoms with Crippen molar-refractivity contribution in [2.24, 2.45) is 0 Å². The van der Waals surface area contributed by atoms with Crippen molar-refractivity contribution < 1.29 is 14.3 Å². The van der Waals surface area contributed by atoms with E-state index in [1.807, 2.05) is 6.92 Å². The minimum atomic E-state index is -0.367. The molecule has 1 aromatic carbocycles. The number of hydrogen-bond donors (Lipinski definition) is 2. The predicted octanol–water partition coefficient (Wildman–Crippen LogP) is 2.54. The van der Waals surface area contributed by atoms with Crippen LogP contribution in [0.15, 0.2) is 24.3 Å². The Morgan fingerprint density at radius 3 is 2.84 bits per heavy atom. The van der Waals surface area contributed by atoms with Crippen molar-refractivity contribution in [3.63, 3.8) is 0 Å². The van der Waals surface area contributed by atoms with Gasteiger partial charge in [-0.3, -0.25) is 0 Å². The zero-order valence-electron chi connectivity index (χ0n) is 10.9. The average molecular weight is 262 g/mol. The molecule has 5 nitrogen and oxygen atoms in total. The second-order valence-corrected chi connectivity index (χ2v) is 4.59. The molecular weight excluding hydrogens is 244 g/mol. The number of amides is 2. The molecule has 0 bridgehead atoms. The molecule has 1 aliphatic carbocycles. The summed E-state index contributed by atoms with van der Waals surface area (Å²) in [7, 11) is 0. The Kier molecular flexibility index (Phi) is 4.39. The second kappa shape index (κ2) is 6.22. The zero-order chi connectivity index (χ0) is 13.7. The largest absolute Gasteiger partial charge is 0.462 e. The van der Waals surface area contributed by atoms with Crippen molar-refractivity contribution >= 4 is 17.7 Å². The fraction of sp³-hybridized carbons (Fsp3) is 0.429. The zero-order valence-corrected chi connectivity index (χ0v) is 10.9. The summed E-state index contributed by atoms with van der Waals surface area (Å²) < 4.78 is 5.04. The number of anilines is 1. The molecule has 5 heteroatoms. The van der Waals surface area contributed by atoms with Crippen LogP contribution in [-0.2, 0) is 4.74 Å². The van der Waals surface area contributed by atoms with Gasteiger partial charge in [0.1, 0.15) is 0 Å². The third-order valence-electron chi connectivity index (χ3n) is 2.71. The maximum absolute atomic E-state index is 11.7. The summed E-state index contributed by atoms with van der Waals surface area (Å²) >= 11 is 0. The molecule has 1 aliphatic rings. The number of carbonyl (C=O) groups excluding carboxylic acids is 2. The number of carbonyl (C=O) groups is 2. The van der Waals surface area contributed by atoms with Crippen LogP contribution in [0.5, 0.6) is 0 Å². The van der Waals surface area contributed by atoms with Crippen LogP contribution < -0.4 is 10.6 Å². The van der Waals surface area contributed by atoms with Crippen LogP contribution in [0.2, 0.25) is 0 Å². The van der Waals surface area contributed by atoms with Gasteiger partial charge >= 0.3 is 12.0 Å². The summed E-state index contributed by atoms with van der Waals surface area (Å²) in [5, 5.41) is 5.53. The number of esters is 1. The van der Waals surface area contributed by atoms with E-state index < -0.39 is 0 Å². The fourth-order valence-electron chi connectivity index (χ4n) is 1.58. The Balaban J connectivity index is 1.93. The van der Waals surface area contributed by atoms with E-state index in [0.29, 0.717) is 23.9 Å². The van der Waals surface area contributed by atoms with Gasteiger partial charge in [0.15, 0.2) is 0 Å². The van der Waals surface area contributed by atoms with E-state index in [4.69, 9.17) is 4.74 Å². The summed E-state index contributed by atoms with van der Waals surface area (Å²) in [4.78, 5) is 23.3. The van der Waals surface area contributed by atoms with Crippen molar-refractivity contribution in [2.75, 3.05) is 11.9 Å².